The molecule has 0 aliphatic heterocycles. The zero-order chi connectivity index (χ0) is 24.6. The number of carboxylic acid groups (broad SMARTS) is 1. The van der Waals surface area contributed by atoms with E-state index in [1.54, 1.807) is 6.92 Å². The Morgan fingerprint density at radius 1 is 0.806 bits per heavy atom. The molecular weight excluding hydrogens is 474 g/mol. The van der Waals surface area contributed by atoms with Gasteiger partial charge in [0.2, 0.25) is 0 Å². The molecule has 0 radical (unpaired) electrons. The number of benzene rings is 4. The van der Waals surface area contributed by atoms with Gasteiger partial charge in [0.1, 0.15) is 13.2 Å². The van der Waals surface area contributed by atoms with Crippen LogP contribution in [0.2, 0.25) is 0 Å². The normalized spacial score (nSPS) is 11.2. The van der Waals surface area contributed by atoms with E-state index in [1.807, 2.05) is 97.1 Å². The van der Waals surface area contributed by atoms with E-state index in [0.717, 1.165) is 27.8 Å². The van der Waals surface area contributed by atoms with Gasteiger partial charge in [0, 0.05) is 11.3 Å². The van der Waals surface area contributed by atoms with Gasteiger partial charge >= 0.3 is 5.97 Å². The van der Waals surface area contributed by atoms with Crippen molar-refractivity contribution in [2.75, 3.05) is 5.73 Å². The molecule has 0 aliphatic carbocycles. The predicted molar refractivity (Wildman–Crippen MR) is 146 cm³/mol. The molecule has 1 atom stereocenters. The molecule has 0 unspecified atom stereocenters. The molecule has 0 saturated heterocycles. The van der Waals surface area contributed by atoms with Crippen LogP contribution in [0.5, 0.6) is 11.5 Å². The standard InChI is InChI=1S/C30H29NO4.ClH/c1-21(30(32)33)17-25-13-8-14-26(29(25)31)24-15-16-27(34-19-22-9-4-2-5-10-22)28(18-24)35-20-23-11-6-3-7-12-23;/h2-16,18,21H,17,19-20,31H2,1H3,(H,32,33);1H/t21-;/m0./s1. The average Bonchev–Trinajstić information content (AvgIpc) is 2.89. The van der Waals surface area contributed by atoms with Crippen molar-refractivity contribution in [2.45, 2.75) is 26.6 Å². The van der Waals surface area contributed by atoms with E-state index in [2.05, 4.69) is 0 Å². The molecule has 0 spiro atoms. The predicted octanol–water partition coefficient (Wildman–Crippen LogP) is 6.78. The minimum absolute atomic E-state index is 0. The molecule has 186 valence electrons. The summed E-state index contributed by atoms with van der Waals surface area (Å²) in [6, 6.07) is 31.4. The molecule has 0 heterocycles. The fraction of sp³-hybridized carbons (Fsp3) is 0.167. The van der Waals surface area contributed by atoms with Gasteiger partial charge in [-0.25, -0.2) is 0 Å². The number of hydrogen-bond donors (Lipinski definition) is 2. The van der Waals surface area contributed by atoms with Crippen molar-refractivity contribution in [2.24, 2.45) is 5.92 Å². The fourth-order valence-corrected chi connectivity index (χ4v) is 3.84. The largest absolute Gasteiger partial charge is 0.485 e. The van der Waals surface area contributed by atoms with Crippen LogP contribution in [0.1, 0.15) is 23.6 Å². The maximum atomic E-state index is 11.3. The first-order chi connectivity index (χ1) is 17.0. The van der Waals surface area contributed by atoms with Crippen LogP contribution >= 0.6 is 12.4 Å². The number of aliphatic carboxylic acids is 1. The summed E-state index contributed by atoms with van der Waals surface area (Å²) in [5.74, 6) is -0.105. The summed E-state index contributed by atoms with van der Waals surface area (Å²) in [5, 5.41) is 9.30. The number of para-hydroxylation sites is 1. The molecule has 0 aromatic heterocycles. The Hall–Kier alpha value is -3.96. The summed E-state index contributed by atoms with van der Waals surface area (Å²) < 4.78 is 12.3. The Morgan fingerprint density at radius 3 is 1.97 bits per heavy atom. The van der Waals surface area contributed by atoms with Gasteiger partial charge < -0.3 is 20.3 Å². The quantitative estimate of drug-likeness (QED) is 0.233. The summed E-state index contributed by atoms with van der Waals surface area (Å²) in [4.78, 5) is 11.3. The second-order valence-electron chi connectivity index (χ2n) is 8.53. The lowest BCUT2D eigenvalue weighted by molar-refractivity contribution is -0.141. The second kappa shape index (κ2) is 12.7. The molecule has 0 aliphatic rings. The first-order valence-electron chi connectivity index (χ1n) is 11.6. The van der Waals surface area contributed by atoms with Crippen LogP contribution in [0.15, 0.2) is 97.1 Å². The van der Waals surface area contributed by atoms with Crippen LogP contribution in [0, 0.1) is 5.92 Å². The molecule has 0 saturated carbocycles. The average molecular weight is 504 g/mol. The molecule has 0 bridgehead atoms. The summed E-state index contributed by atoms with van der Waals surface area (Å²) >= 11 is 0. The monoisotopic (exact) mass is 503 g/mol. The van der Waals surface area contributed by atoms with Gasteiger partial charge in [-0.15, -0.1) is 12.4 Å². The minimum Gasteiger partial charge on any atom is -0.485 e. The number of carboxylic acids is 1. The summed E-state index contributed by atoms with van der Waals surface area (Å²) in [6.07, 6.45) is 0.366. The van der Waals surface area contributed by atoms with Crippen molar-refractivity contribution in [3.05, 3.63) is 114 Å². The summed E-state index contributed by atoms with van der Waals surface area (Å²) in [7, 11) is 0. The van der Waals surface area contributed by atoms with E-state index in [0.29, 0.717) is 36.8 Å². The van der Waals surface area contributed by atoms with Gasteiger partial charge in [-0.05, 0) is 40.8 Å². The van der Waals surface area contributed by atoms with E-state index >= 15 is 0 Å². The van der Waals surface area contributed by atoms with Crippen LogP contribution in [0.3, 0.4) is 0 Å². The van der Waals surface area contributed by atoms with E-state index in [9.17, 15) is 9.90 Å². The molecule has 4 aromatic carbocycles. The number of halogens is 1. The number of nitrogen functional groups attached to an aromatic ring is 1. The van der Waals surface area contributed by atoms with Gasteiger partial charge in [-0.2, -0.15) is 0 Å². The molecule has 3 N–H and O–H groups in total. The van der Waals surface area contributed by atoms with Crippen molar-refractivity contribution in [3.63, 3.8) is 0 Å². The third-order valence-electron chi connectivity index (χ3n) is 5.87. The second-order valence-corrected chi connectivity index (χ2v) is 8.53. The molecule has 36 heavy (non-hydrogen) atoms. The van der Waals surface area contributed by atoms with E-state index in [1.165, 1.54) is 0 Å². The Morgan fingerprint density at radius 2 is 1.39 bits per heavy atom. The minimum atomic E-state index is -0.841. The highest BCUT2D eigenvalue weighted by Gasteiger charge is 2.16. The van der Waals surface area contributed by atoms with E-state index < -0.39 is 11.9 Å². The maximum absolute atomic E-state index is 11.3. The number of hydrogen-bond acceptors (Lipinski definition) is 4. The van der Waals surface area contributed by atoms with Crippen LogP contribution in [0.4, 0.5) is 5.69 Å². The first kappa shape index (κ1) is 26.6. The van der Waals surface area contributed by atoms with Crippen molar-refractivity contribution in [3.8, 4) is 22.6 Å². The first-order valence-corrected chi connectivity index (χ1v) is 11.6. The zero-order valence-corrected chi connectivity index (χ0v) is 20.9. The van der Waals surface area contributed by atoms with Gasteiger partial charge in [-0.3, -0.25) is 4.79 Å². The molecule has 5 nitrogen and oxygen atoms in total. The molecule has 0 fully saturated rings. The third kappa shape index (κ3) is 6.80. The molecule has 4 rings (SSSR count). The third-order valence-corrected chi connectivity index (χ3v) is 5.87. The zero-order valence-electron chi connectivity index (χ0n) is 20.1. The molecular formula is C30H30ClNO4. The molecule has 4 aromatic rings. The van der Waals surface area contributed by atoms with Crippen LogP contribution < -0.4 is 15.2 Å². The summed E-state index contributed by atoms with van der Waals surface area (Å²) in [6.45, 7) is 2.51. The Kier molecular flexibility index (Phi) is 9.37. The van der Waals surface area contributed by atoms with Crippen molar-refractivity contribution in [1.29, 1.82) is 0 Å². The van der Waals surface area contributed by atoms with E-state index in [-0.39, 0.29) is 12.4 Å². The smallest absolute Gasteiger partial charge is 0.306 e. The SMILES string of the molecule is C[C@@H](Cc1cccc(-c2ccc(OCc3ccccc3)c(OCc3ccccc3)c2)c1N)C(=O)O.Cl. The highest BCUT2D eigenvalue weighted by Crippen LogP contribution is 2.37. The van der Waals surface area contributed by atoms with Gasteiger partial charge in [0.15, 0.2) is 11.5 Å². The fourth-order valence-electron chi connectivity index (χ4n) is 3.84. The van der Waals surface area contributed by atoms with Crippen molar-refractivity contribution < 1.29 is 19.4 Å². The van der Waals surface area contributed by atoms with Crippen LogP contribution in [-0.2, 0) is 24.4 Å². The molecule has 0 amide bonds. The summed E-state index contributed by atoms with van der Waals surface area (Å²) in [5.41, 5.74) is 11.7. The number of ether oxygens (including phenoxy) is 2. The van der Waals surface area contributed by atoms with Gasteiger partial charge in [0.05, 0.1) is 5.92 Å². The Labute approximate surface area is 217 Å². The lowest BCUT2D eigenvalue weighted by atomic mass is 9.94. The lowest BCUT2D eigenvalue weighted by Gasteiger charge is -2.17. The van der Waals surface area contributed by atoms with Crippen molar-refractivity contribution >= 4 is 24.1 Å². The van der Waals surface area contributed by atoms with Crippen molar-refractivity contribution in [1.82, 2.24) is 0 Å². The van der Waals surface area contributed by atoms with Crippen LogP contribution in [0.25, 0.3) is 11.1 Å². The lowest BCUT2D eigenvalue weighted by Crippen LogP contribution is -2.13. The maximum Gasteiger partial charge on any atom is 0.306 e. The van der Waals surface area contributed by atoms with Crippen LogP contribution in [-0.4, -0.2) is 11.1 Å². The van der Waals surface area contributed by atoms with E-state index in [4.69, 9.17) is 15.2 Å². The highest BCUT2D eigenvalue weighted by atomic mass is 35.5. The topological polar surface area (TPSA) is 81.8 Å². The number of nitrogens with two attached hydrogens (primary N) is 1. The van der Waals surface area contributed by atoms with Gasteiger partial charge in [-0.1, -0.05) is 91.9 Å². The number of carbonyl (C=O) groups is 1. The molecule has 6 heteroatoms. The Bertz CT molecular complexity index is 1280. The number of anilines is 1. The number of rotatable bonds is 10. The Balaban J connectivity index is 0.00000361. The van der Waals surface area contributed by atoms with Gasteiger partial charge in [0.25, 0.3) is 0 Å². The highest BCUT2D eigenvalue weighted by molar-refractivity contribution is 5.85.